The number of para-hydroxylation sites is 3. The second kappa shape index (κ2) is 8.55. The summed E-state index contributed by atoms with van der Waals surface area (Å²) in [6.07, 6.45) is 0. The summed E-state index contributed by atoms with van der Waals surface area (Å²) in [5.74, 6) is 0.811. The fourth-order valence-electron chi connectivity index (χ4n) is 3.04. The lowest BCUT2D eigenvalue weighted by Crippen LogP contribution is -2.27. The Morgan fingerprint density at radius 1 is 0.607 bits per heavy atom. The maximum absolute atomic E-state index is 6.61. The molecule has 0 N–H and O–H groups in total. The molecule has 0 amide bonds. The molecule has 0 atom stereocenters. The SMILES string of the molecule is Clc1ccccc1N(C(=Nc1ccccc1)c1ccccc1)c1ccccc1. The Hall–Kier alpha value is -3.36. The molecular formula is C25H19ClN2. The normalized spacial score (nSPS) is 11.2. The van der Waals surface area contributed by atoms with Crippen LogP contribution in [0, 0.1) is 0 Å². The third-order valence-corrected chi connectivity index (χ3v) is 4.66. The summed E-state index contributed by atoms with van der Waals surface area (Å²) in [7, 11) is 0. The van der Waals surface area contributed by atoms with Crippen LogP contribution in [-0.2, 0) is 0 Å². The van der Waals surface area contributed by atoms with Crippen molar-refractivity contribution in [1.82, 2.24) is 0 Å². The number of rotatable bonds is 4. The summed E-state index contributed by atoms with van der Waals surface area (Å²) in [6.45, 7) is 0. The Morgan fingerprint density at radius 2 is 1.14 bits per heavy atom. The topological polar surface area (TPSA) is 15.6 Å². The molecule has 0 unspecified atom stereocenters. The number of benzene rings is 4. The summed E-state index contributed by atoms with van der Waals surface area (Å²) in [5.41, 5.74) is 3.77. The minimum atomic E-state index is 0.669. The summed E-state index contributed by atoms with van der Waals surface area (Å²) >= 11 is 6.61. The number of hydrogen-bond acceptors (Lipinski definition) is 1. The molecule has 0 aliphatic carbocycles. The van der Waals surface area contributed by atoms with Crippen LogP contribution >= 0.6 is 11.6 Å². The van der Waals surface area contributed by atoms with Crippen molar-refractivity contribution in [2.24, 2.45) is 4.99 Å². The van der Waals surface area contributed by atoms with Gasteiger partial charge in [0.1, 0.15) is 5.84 Å². The van der Waals surface area contributed by atoms with Gasteiger partial charge in [0.2, 0.25) is 0 Å². The molecule has 136 valence electrons. The van der Waals surface area contributed by atoms with E-state index in [1.807, 2.05) is 91.0 Å². The third-order valence-electron chi connectivity index (χ3n) is 4.34. The lowest BCUT2D eigenvalue weighted by molar-refractivity contribution is 1.31. The highest BCUT2D eigenvalue weighted by Crippen LogP contribution is 2.34. The maximum Gasteiger partial charge on any atom is 0.145 e. The fourth-order valence-corrected chi connectivity index (χ4v) is 3.26. The highest BCUT2D eigenvalue weighted by molar-refractivity contribution is 6.34. The molecule has 2 nitrogen and oxygen atoms in total. The van der Waals surface area contributed by atoms with Crippen LogP contribution < -0.4 is 4.90 Å². The number of halogens is 1. The van der Waals surface area contributed by atoms with Crippen molar-refractivity contribution in [2.45, 2.75) is 0 Å². The minimum Gasteiger partial charge on any atom is -0.293 e. The van der Waals surface area contributed by atoms with Gasteiger partial charge in [0.25, 0.3) is 0 Å². The molecule has 0 aliphatic heterocycles. The average Bonchev–Trinajstić information content (AvgIpc) is 2.77. The van der Waals surface area contributed by atoms with Crippen molar-refractivity contribution in [1.29, 1.82) is 0 Å². The van der Waals surface area contributed by atoms with Gasteiger partial charge in [-0.3, -0.25) is 4.90 Å². The van der Waals surface area contributed by atoms with Gasteiger partial charge in [-0.2, -0.15) is 0 Å². The number of anilines is 2. The summed E-state index contributed by atoms with van der Waals surface area (Å²) in [5, 5.41) is 0.669. The van der Waals surface area contributed by atoms with E-state index in [0.29, 0.717) is 5.02 Å². The lowest BCUT2D eigenvalue weighted by atomic mass is 10.1. The fraction of sp³-hybridized carbons (Fsp3) is 0. The molecule has 0 spiro atoms. The van der Waals surface area contributed by atoms with Gasteiger partial charge in [-0.05, 0) is 36.4 Å². The van der Waals surface area contributed by atoms with E-state index in [0.717, 1.165) is 28.5 Å². The first-order chi connectivity index (χ1) is 13.8. The lowest BCUT2D eigenvalue weighted by Gasteiger charge is -2.27. The molecule has 3 heteroatoms. The van der Waals surface area contributed by atoms with Gasteiger partial charge in [-0.25, -0.2) is 4.99 Å². The summed E-state index contributed by atoms with van der Waals surface area (Å²) in [6, 6.07) is 38.1. The van der Waals surface area contributed by atoms with E-state index >= 15 is 0 Å². The number of nitrogens with zero attached hydrogens (tertiary/aromatic N) is 2. The van der Waals surface area contributed by atoms with Crippen LogP contribution in [0.25, 0.3) is 0 Å². The van der Waals surface area contributed by atoms with Crippen molar-refractivity contribution in [3.8, 4) is 0 Å². The van der Waals surface area contributed by atoms with Crippen molar-refractivity contribution in [3.63, 3.8) is 0 Å². The van der Waals surface area contributed by atoms with E-state index in [9.17, 15) is 0 Å². The van der Waals surface area contributed by atoms with Crippen molar-refractivity contribution >= 4 is 34.5 Å². The van der Waals surface area contributed by atoms with Crippen LogP contribution in [0.2, 0.25) is 5.02 Å². The Kier molecular flexibility index (Phi) is 5.51. The Labute approximate surface area is 170 Å². The Bertz CT molecular complexity index is 1060. The molecule has 4 aromatic rings. The smallest absolute Gasteiger partial charge is 0.145 e. The standard InChI is InChI=1S/C25H19ClN2/c26-23-18-10-11-19-24(23)28(22-16-8-3-9-17-22)25(20-12-4-1-5-13-20)27-21-14-6-2-7-15-21/h1-19H. The number of amidine groups is 1. The number of aliphatic imine (C=N–C) groups is 1. The molecule has 0 aromatic heterocycles. The quantitative estimate of drug-likeness (QED) is 0.268. The van der Waals surface area contributed by atoms with Gasteiger partial charge in [0.05, 0.1) is 16.4 Å². The maximum atomic E-state index is 6.61. The second-order valence-electron chi connectivity index (χ2n) is 6.26. The Morgan fingerprint density at radius 3 is 1.79 bits per heavy atom. The monoisotopic (exact) mass is 382 g/mol. The first-order valence-electron chi connectivity index (χ1n) is 9.12. The molecule has 0 saturated carbocycles. The van der Waals surface area contributed by atoms with Crippen LogP contribution in [-0.4, -0.2) is 5.84 Å². The first kappa shape index (κ1) is 18.0. The van der Waals surface area contributed by atoms with E-state index in [2.05, 4.69) is 29.2 Å². The zero-order valence-electron chi connectivity index (χ0n) is 15.2. The van der Waals surface area contributed by atoms with Crippen molar-refractivity contribution < 1.29 is 0 Å². The Balaban J connectivity index is 1.97. The molecule has 0 bridgehead atoms. The van der Waals surface area contributed by atoms with Gasteiger partial charge in [-0.15, -0.1) is 0 Å². The summed E-state index contributed by atoms with van der Waals surface area (Å²) in [4.78, 5) is 7.11. The molecule has 0 fully saturated rings. The van der Waals surface area contributed by atoms with E-state index in [4.69, 9.17) is 16.6 Å². The van der Waals surface area contributed by atoms with Gasteiger partial charge >= 0.3 is 0 Å². The molecule has 4 aromatic carbocycles. The van der Waals surface area contributed by atoms with Crippen LogP contribution in [0.15, 0.2) is 120 Å². The zero-order chi connectivity index (χ0) is 19.2. The van der Waals surface area contributed by atoms with Gasteiger partial charge in [0, 0.05) is 11.3 Å². The number of hydrogen-bond donors (Lipinski definition) is 0. The van der Waals surface area contributed by atoms with E-state index in [1.165, 1.54) is 0 Å². The zero-order valence-corrected chi connectivity index (χ0v) is 16.0. The first-order valence-corrected chi connectivity index (χ1v) is 9.49. The van der Waals surface area contributed by atoms with E-state index in [-0.39, 0.29) is 0 Å². The van der Waals surface area contributed by atoms with Gasteiger partial charge < -0.3 is 0 Å². The molecule has 28 heavy (non-hydrogen) atoms. The molecule has 0 heterocycles. The largest absolute Gasteiger partial charge is 0.293 e. The van der Waals surface area contributed by atoms with Gasteiger partial charge in [0.15, 0.2) is 0 Å². The minimum absolute atomic E-state index is 0.669. The second-order valence-corrected chi connectivity index (χ2v) is 6.67. The predicted octanol–water partition coefficient (Wildman–Crippen LogP) is 7.26. The predicted molar refractivity (Wildman–Crippen MR) is 119 cm³/mol. The van der Waals surface area contributed by atoms with Crippen molar-refractivity contribution in [3.05, 3.63) is 126 Å². The molecule has 0 saturated heterocycles. The molecule has 4 rings (SSSR count). The molecule has 0 radical (unpaired) electrons. The van der Waals surface area contributed by atoms with E-state index in [1.54, 1.807) is 0 Å². The molecule has 0 aliphatic rings. The highest BCUT2D eigenvalue weighted by Gasteiger charge is 2.20. The van der Waals surface area contributed by atoms with Crippen molar-refractivity contribution in [2.75, 3.05) is 4.90 Å². The van der Waals surface area contributed by atoms with Crippen LogP contribution in [0.1, 0.15) is 5.56 Å². The van der Waals surface area contributed by atoms with Gasteiger partial charge in [-0.1, -0.05) is 90.5 Å². The third kappa shape index (κ3) is 3.98. The summed E-state index contributed by atoms with van der Waals surface area (Å²) < 4.78 is 0. The van der Waals surface area contributed by atoms with Crippen LogP contribution in [0.3, 0.4) is 0 Å². The van der Waals surface area contributed by atoms with E-state index < -0.39 is 0 Å². The van der Waals surface area contributed by atoms with Crippen LogP contribution in [0.4, 0.5) is 17.1 Å². The average molecular weight is 383 g/mol. The van der Waals surface area contributed by atoms with Crippen LogP contribution in [0.5, 0.6) is 0 Å². The highest BCUT2D eigenvalue weighted by atomic mass is 35.5. The molecular weight excluding hydrogens is 364 g/mol.